The van der Waals surface area contributed by atoms with Gasteiger partial charge in [-0.2, -0.15) is 0 Å². The molecule has 0 saturated heterocycles. The van der Waals surface area contributed by atoms with Crippen LogP contribution in [0.3, 0.4) is 0 Å². The zero-order valence-electron chi connectivity index (χ0n) is 10.5. The van der Waals surface area contributed by atoms with Gasteiger partial charge in [0.1, 0.15) is 12.4 Å². The zero-order valence-corrected chi connectivity index (χ0v) is 11.3. The summed E-state index contributed by atoms with van der Waals surface area (Å²) >= 11 is 0. The van der Waals surface area contributed by atoms with E-state index in [1.54, 1.807) is 0 Å². The van der Waals surface area contributed by atoms with E-state index in [-0.39, 0.29) is 12.4 Å². The second kappa shape index (κ2) is 4.18. The summed E-state index contributed by atoms with van der Waals surface area (Å²) < 4.78 is 8.27. The first-order valence-corrected chi connectivity index (χ1v) is 6.33. The van der Waals surface area contributed by atoms with Crippen molar-refractivity contribution in [1.82, 2.24) is 9.88 Å². The molecule has 0 atom stereocenters. The van der Waals surface area contributed by atoms with Crippen LogP contribution in [-0.2, 0) is 19.5 Å². The molecule has 2 aliphatic rings. The van der Waals surface area contributed by atoms with Crippen LogP contribution in [0.25, 0.3) is 10.9 Å². The Morgan fingerprint density at radius 2 is 2.22 bits per heavy atom. The van der Waals surface area contributed by atoms with E-state index >= 15 is 0 Å². The quantitative estimate of drug-likeness (QED) is 0.791. The van der Waals surface area contributed by atoms with E-state index in [0.717, 1.165) is 38.4 Å². The van der Waals surface area contributed by atoms with Crippen LogP contribution >= 0.6 is 12.4 Å². The molecule has 18 heavy (non-hydrogen) atoms. The third kappa shape index (κ3) is 1.41. The molecule has 0 amide bonds. The number of rotatable bonds is 0. The molecule has 1 aromatic heterocycles. The van der Waals surface area contributed by atoms with Gasteiger partial charge in [0.2, 0.25) is 0 Å². The number of ether oxygens (including phenoxy) is 1. The molecule has 1 aromatic carbocycles. The Morgan fingerprint density at radius 3 is 3.11 bits per heavy atom. The number of nitrogens with zero attached hydrogens (tertiary/aromatic N) is 1. The molecule has 3 heterocycles. The van der Waals surface area contributed by atoms with Gasteiger partial charge in [-0.3, -0.25) is 0 Å². The lowest BCUT2D eigenvalue weighted by Gasteiger charge is -2.20. The van der Waals surface area contributed by atoms with E-state index in [9.17, 15) is 0 Å². The Labute approximate surface area is 113 Å². The van der Waals surface area contributed by atoms with Gasteiger partial charge in [0.05, 0.1) is 12.1 Å². The normalized spacial score (nSPS) is 16.9. The molecule has 2 aliphatic heterocycles. The second-order valence-electron chi connectivity index (χ2n) is 4.96. The van der Waals surface area contributed by atoms with Crippen molar-refractivity contribution in [2.24, 2.45) is 0 Å². The fourth-order valence-corrected chi connectivity index (χ4v) is 3.27. The van der Waals surface area contributed by atoms with Gasteiger partial charge in [-0.05, 0) is 24.1 Å². The summed E-state index contributed by atoms with van der Waals surface area (Å²) in [6.45, 7) is 6.11. The maximum absolute atomic E-state index is 5.79. The third-order valence-corrected chi connectivity index (χ3v) is 4.01. The lowest BCUT2D eigenvalue weighted by Crippen LogP contribution is -2.25. The third-order valence-electron chi connectivity index (χ3n) is 4.01. The maximum atomic E-state index is 5.79. The van der Waals surface area contributed by atoms with Gasteiger partial charge in [-0.1, -0.05) is 6.07 Å². The minimum Gasteiger partial charge on any atom is -0.490 e. The lowest BCUT2D eigenvalue weighted by molar-refractivity contribution is 0.284. The van der Waals surface area contributed by atoms with Crippen LogP contribution in [0.2, 0.25) is 0 Å². The Bertz CT molecular complexity index is 605. The molecule has 3 nitrogen and oxygen atoms in total. The average molecular weight is 265 g/mol. The van der Waals surface area contributed by atoms with Crippen LogP contribution in [0.4, 0.5) is 0 Å². The lowest BCUT2D eigenvalue weighted by atomic mass is 10.0. The van der Waals surface area contributed by atoms with Gasteiger partial charge in [0.25, 0.3) is 0 Å². The molecule has 1 N–H and O–H groups in total. The molecule has 0 radical (unpaired) electrons. The minimum absolute atomic E-state index is 0. The summed E-state index contributed by atoms with van der Waals surface area (Å²) in [5.74, 6) is 1.06. The second-order valence-corrected chi connectivity index (χ2v) is 4.96. The molecule has 4 heteroatoms. The summed E-state index contributed by atoms with van der Waals surface area (Å²) in [6, 6.07) is 4.30. The molecular formula is C14H17ClN2O. The van der Waals surface area contributed by atoms with Gasteiger partial charge in [0.15, 0.2) is 0 Å². The van der Waals surface area contributed by atoms with E-state index in [2.05, 4.69) is 28.9 Å². The highest BCUT2D eigenvalue weighted by molar-refractivity contribution is 5.93. The van der Waals surface area contributed by atoms with Crippen molar-refractivity contribution in [2.45, 2.75) is 26.4 Å². The highest BCUT2D eigenvalue weighted by Crippen LogP contribution is 2.38. The first-order valence-electron chi connectivity index (χ1n) is 6.33. The molecule has 0 spiro atoms. The van der Waals surface area contributed by atoms with Gasteiger partial charge < -0.3 is 14.6 Å². The predicted molar refractivity (Wildman–Crippen MR) is 74.8 cm³/mol. The van der Waals surface area contributed by atoms with Crippen LogP contribution in [0.5, 0.6) is 5.75 Å². The smallest absolute Gasteiger partial charge is 0.143 e. The fraction of sp³-hybridized carbons (Fsp3) is 0.429. The topological polar surface area (TPSA) is 26.2 Å². The van der Waals surface area contributed by atoms with E-state index in [1.807, 2.05) is 0 Å². The highest BCUT2D eigenvalue weighted by atomic mass is 35.5. The Morgan fingerprint density at radius 1 is 1.33 bits per heavy atom. The van der Waals surface area contributed by atoms with Gasteiger partial charge >= 0.3 is 0 Å². The predicted octanol–water partition coefficient (Wildman–Crippen LogP) is 2.41. The van der Waals surface area contributed by atoms with E-state index in [1.165, 1.54) is 27.7 Å². The van der Waals surface area contributed by atoms with Crippen molar-refractivity contribution in [3.8, 4) is 5.75 Å². The molecule has 0 aliphatic carbocycles. The first kappa shape index (κ1) is 11.9. The molecule has 2 aromatic rings. The Balaban J connectivity index is 0.000001000. The van der Waals surface area contributed by atoms with Crippen molar-refractivity contribution in [2.75, 3.05) is 13.2 Å². The molecule has 96 valence electrons. The minimum atomic E-state index is 0. The molecule has 0 saturated carbocycles. The molecule has 4 rings (SSSR count). The van der Waals surface area contributed by atoms with Crippen molar-refractivity contribution < 1.29 is 4.74 Å². The molecule has 0 fully saturated rings. The number of hydrogen-bond donors (Lipinski definition) is 1. The number of nitrogens with one attached hydrogen (secondary N) is 1. The number of hydrogen-bond acceptors (Lipinski definition) is 2. The van der Waals surface area contributed by atoms with Crippen molar-refractivity contribution in [3.05, 3.63) is 29.0 Å². The van der Waals surface area contributed by atoms with Crippen molar-refractivity contribution >= 4 is 23.3 Å². The summed E-state index contributed by atoms with van der Waals surface area (Å²) in [6.07, 6.45) is 1.14. The van der Waals surface area contributed by atoms with Crippen LogP contribution in [-0.4, -0.2) is 17.7 Å². The molecular weight excluding hydrogens is 248 g/mol. The Hall–Kier alpha value is -1.19. The van der Waals surface area contributed by atoms with Crippen LogP contribution in [0.1, 0.15) is 16.8 Å². The van der Waals surface area contributed by atoms with Gasteiger partial charge in [0, 0.05) is 30.6 Å². The number of fused-ring (bicyclic) bond motifs is 3. The number of aryl methyl sites for hydroxylation is 1. The van der Waals surface area contributed by atoms with E-state index < -0.39 is 0 Å². The van der Waals surface area contributed by atoms with Gasteiger partial charge in [-0.25, -0.2) is 0 Å². The highest BCUT2D eigenvalue weighted by Gasteiger charge is 2.25. The van der Waals surface area contributed by atoms with E-state index in [4.69, 9.17) is 4.74 Å². The largest absolute Gasteiger partial charge is 0.490 e. The summed E-state index contributed by atoms with van der Waals surface area (Å²) in [7, 11) is 0. The SMILES string of the molecule is Cc1ccc2c3c1c1c(n3CCO2)CCNC1.Cl. The van der Waals surface area contributed by atoms with E-state index in [0.29, 0.717) is 0 Å². The van der Waals surface area contributed by atoms with Gasteiger partial charge in [-0.15, -0.1) is 12.4 Å². The zero-order chi connectivity index (χ0) is 11.4. The number of aromatic nitrogens is 1. The summed E-state index contributed by atoms with van der Waals surface area (Å²) in [4.78, 5) is 0. The molecule has 0 bridgehead atoms. The maximum Gasteiger partial charge on any atom is 0.143 e. The van der Waals surface area contributed by atoms with Crippen LogP contribution in [0, 0.1) is 6.92 Å². The summed E-state index contributed by atoms with van der Waals surface area (Å²) in [5.41, 5.74) is 5.71. The Kier molecular flexibility index (Phi) is 2.76. The summed E-state index contributed by atoms with van der Waals surface area (Å²) in [5, 5.41) is 4.90. The average Bonchev–Trinajstić information content (AvgIpc) is 2.71. The standard InChI is InChI=1S/C14H16N2O.ClH/c1-9-2-3-12-14-13(9)10-8-15-5-4-11(10)16(14)6-7-17-12;/h2-3,15H,4-8H2,1H3;1H. The first-order chi connectivity index (χ1) is 8.36. The monoisotopic (exact) mass is 264 g/mol. The van der Waals surface area contributed by atoms with Crippen molar-refractivity contribution in [3.63, 3.8) is 0 Å². The van der Waals surface area contributed by atoms with Crippen LogP contribution < -0.4 is 10.1 Å². The molecule has 0 unspecified atom stereocenters. The van der Waals surface area contributed by atoms with Crippen LogP contribution in [0.15, 0.2) is 12.1 Å². The number of benzene rings is 1. The fourth-order valence-electron chi connectivity index (χ4n) is 3.27. The number of halogens is 1. The van der Waals surface area contributed by atoms with Crippen molar-refractivity contribution in [1.29, 1.82) is 0 Å².